The summed E-state index contributed by atoms with van der Waals surface area (Å²) >= 11 is 1.33. The molecule has 0 saturated carbocycles. The van der Waals surface area contributed by atoms with Gasteiger partial charge in [0.2, 0.25) is 5.91 Å². The second-order valence-corrected chi connectivity index (χ2v) is 8.97. The summed E-state index contributed by atoms with van der Waals surface area (Å²) in [6.45, 7) is 1.87. The summed E-state index contributed by atoms with van der Waals surface area (Å²) in [7, 11) is 0. The van der Waals surface area contributed by atoms with E-state index in [1.54, 1.807) is 34.1 Å². The summed E-state index contributed by atoms with van der Waals surface area (Å²) in [5, 5.41) is 2.34. The van der Waals surface area contributed by atoms with E-state index in [1.165, 1.54) is 30.4 Å². The molecule has 1 aromatic heterocycles. The topological polar surface area (TPSA) is 62.7 Å². The molecule has 0 radical (unpaired) electrons. The van der Waals surface area contributed by atoms with Gasteiger partial charge in [0.1, 0.15) is 11.6 Å². The van der Waals surface area contributed by atoms with Gasteiger partial charge >= 0.3 is 0 Å². The molecule has 176 valence electrons. The molecule has 35 heavy (non-hydrogen) atoms. The first-order chi connectivity index (χ1) is 17.0. The summed E-state index contributed by atoms with van der Waals surface area (Å²) in [6.07, 6.45) is -0.893. The molecule has 0 fully saturated rings. The van der Waals surface area contributed by atoms with Gasteiger partial charge in [-0.25, -0.2) is 9.37 Å². The van der Waals surface area contributed by atoms with Crippen molar-refractivity contribution in [3.63, 3.8) is 0 Å². The van der Waals surface area contributed by atoms with Crippen LogP contribution in [0, 0.1) is 5.82 Å². The number of ether oxygens (including phenoxy) is 1. The zero-order valence-electron chi connectivity index (χ0n) is 18.9. The average molecular weight is 488 g/mol. The Balaban J connectivity index is 1.48. The lowest BCUT2D eigenvalue weighted by molar-refractivity contribution is -0.125. The summed E-state index contributed by atoms with van der Waals surface area (Å²) in [5.41, 5.74) is 2.98. The molecule has 5 rings (SSSR count). The van der Waals surface area contributed by atoms with Crippen LogP contribution in [0.4, 0.5) is 15.2 Å². The minimum Gasteiger partial charge on any atom is -0.476 e. The van der Waals surface area contributed by atoms with E-state index in [1.807, 2.05) is 47.8 Å². The van der Waals surface area contributed by atoms with E-state index in [0.29, 0.717) is 22.3 Å². The van der Waals surface area contributed by atoms with Crippen molar-refractivity contribution in [2.24, 2.45) is 0 Å². The van der Waals surface area contributed by atoms with Crippen LogP contribution < -0.4 is 14.5 Å². The van der Waals surface area contributed by atoms with Gasteiger partial charge in [0, 0.05) is 17.9 Å². The smallest absolute Gasteiger partial charge is 0.272 e. The Morgan fingerprint density at radius 2 is 1.77 bits per heavy atom. The second-order valence-electron chi connectivity index (χ2n) is 8.14. The number of carbonyl (C=O) groups excluding carboxylic acids is 2. The molecule has 2 heterocycles. The standard InChI is InChI=1S/C27H22FN3O3S/c1-18(32)30-16-25(34-24-10-6-5-9-23(24)30)26(33)31(15-19-7-3-2-4-8-19)27-29-22(17-35-27)20-11-13-21(28)14-12-20/h2-14,17,25H,15-16H2,1H3. The van der Waals surface area contributed by atoms with Crippen LogP contribution in [-0.4, -0.2) is 29.4 Å². The van der Waals surface area contributed by atoms with Crippen molar-refractivity contribution in [2.75, 3.05) is 16.3 Å². The number of fused-ring (bicyclic) bond motifs is 1. The maximum atomic E-state index is 13.9. The van der Waals surface area contributed by atoms with E-state index in [2.05, 4.69) is 4.98 Å². The number of thiazole rings is 1. The zero-order chi connectivity index (χ0) is 24.4. The van der Waals surface area contributed by atoms with E-state index in [9.17, 15) is 14.0 Å². The van der Waals surface area contributed by atoms with E-state index < -0.39 is 6.10 Å². The Bertz CT molecular complexity index is 1360. The van der Waals surface area contributed by atoms with Crippen LogP contribution in [0.5, 0.6) is 5.75 Å². The third-order valence-electron chi connectivity index (χ3n) is 5.74. The van der Waals surface area contributed by atoms with E-state index in [4.69, 9.17) is 4.74 Å². The minimum absolute atomic E-state index is 0.104. The molecule has 2 amide bonds. The van der Waals surface area contributed by atoms with Crippen LogP contribution in [0.1, 0.15) is 12.5 Å². The van der Waals surface area contributed by atoms with Gasteiger partial charge in [0.15, 0.2) is 11.2 Å². The van der Waals surface area contributed by atoms with Crippen LogP contribution in [-0.2, 0) is 16.1 Å². The van der Waals surface area contributed by atoms with E-state index in [-0.39, 0.29) is 30.7 Å². The van der Waals surface area contributed by atoms with Crippen molar-refractivity contribution in [2.45, 2.75) is 19.6 Å². The fraction of sp³-hybridized carbons (Fsp3) is 0.148. The summed E-state index contributed by atoms with van der Waals surface area (Å²) in [4.78, 5) is 34.0. The number of hydrogen-bond acceptors (Lipinski definition) is 5. The SMILES string of the molecule is CC(=O)N1CC(C(=O)N(Cc2ccccc2)c2nc(-c3ccc(F)cc3)cs2)Oc2ccccc21. The first kappa shape index (κ1) is 22.7. The molecule has 1 unspecified atom stereocenters. The monoisotopic (exact) mass is 487 g/mol. The van der Waals surface area contributed by atoms with Gasteiger partial charge in [-0.2, -0.15) is 0 Å². The van der Waals surface area contributed by atoms with Crippen LogP contribution in [0.25, 0.3) is 11.3 Å². The minimum atomic E-state index is -0.893. The highest BCUT2D eigenvalue weighted by molar-refractivity contribution is 7.14. The van der Waals surface area contributed by atoms with E-state index in [0.717, 1.165) is 11.1 Å². The molecule has 0 spiro atoms. The number of amides is 2. The zero-order valence-corrected chi connectivity index (χ0v) is 19.7. The molecular weight excluding hydrogens is 465 g/mol. The number of benzene rings is 3. The van der Waals surface area contributed by atoms with Crippen molar-refractivity contribution in [3.8, 4) is 17.0 Å². The molecule has 3 aromatic carbocycles. The lowest BCUT2D eigenvalue weighted by Crippen LogP contribution is -2.51. The molecule has 0 bridgehead atoms. The number of rotatable bonds is 5. The Hall–Kier alpha value is -4.04. The molecular formula is C27H22FN3O3S. The molecule has 1 aliphatic rings. The highest BCUT2D eigenvalue weighted by Gasteiger charge is 2.36. The first-order valence-electron chi connectivity index (χ1n) is 11.1. The number of halogens is 1. The average Bonchev–Trinajstić information content (AvgIpc) is 3.37. The highest BCUT2D eigenvalue weighted by atomic mass is 32.1. The molecule has 1 aliphatic heterocycles. The number of carbonyl (C=O) groups is 2. The summed E-state index contributed by atoms with van der Waals surface area (Å²) in [5.74, 6) is -0.302. The second kappa shape index (κ2) is 9.68. The third kappa shape index (κ3) is 4.79. The van der Waals surface area contributed by atoms with Crippen molar-refractivity contribution in [1.82, 2.24) is 4.98 Å². The first-order valence-corrected chi connectivity index (χ1v) is 12.0. The molecule has 0 aliphatic carbocycles. The molecule has 8 heteroatoms. The number of hydrogen-bond donors (Lipinski definition) is 0. The van der Waals surface area contributed by atoms with Gasteiger partial charge in [-0.3, -0.25) is 14.5 Å². The Kier molecular flexibility index (Phi) is 6.29. The lowest BCUT2D eigenvalue weighted by atomic mass is 10.1. The van der Waals surface area contributed by atoms with Crippen molar-refractivity contribution < 1.29 is 18.7 Å². The van der Waals surface area contributed by atoms with Crippen molar-refractivity contribution in [3.05, 3.63) is 95.6 Å². The maximum Gasteiger partial charge on any atom is 0.272 e. The number of nitrogens with zero attached hydrogens (tertiary/aromatic N) is 3. The number of anilines is 2. The van der Waals surface area contributed by atoms with Gasteiger partial charge in [0.05, 0.1) is 24.5 Å². The predicted molar refractivity (Wildman–Crippen MR) is 134 cm³/mol. The van der Waals surface area contributed by atoms with Crippen molar-refractivity contribution in [1.29, 1.82) is 0 Å². The quantitative estimate of drug-likeness (QED) is 0.383. The molecule has 1 atom stereocenters. The van der Waals surface area contributed by atoms with Crippen LogP contribution >= 0.6 is 11.3 Å². The molecule has 4 aromatic rings. The third-order valence-corrected chi connectivity index (χ3v) is 6.61. The summed E-state index contributed by atoms with van der Waals surface area (Å²) in [6, 6.07) is 22.9. The predicted octanol–water partition coefficient (Wildman–Crippen LogP) is 5.30. The molecule has 6 nitrogen and oxygen atoms in total. The Morgan fingerprint density at radius 1 is 1.06 bits per heavy atom. The van der Waals surface area contributed by atoms with Crippen molar-refractivity contribution >= 4 is 34.0 Å². The van der Waals surface area contributed by atoms with Gasteiger partial charge in [-0.1, -0.05) is 42.5 Å². The number of aromatic nitrogens is 1. The van der Waals surface area contributed by atoms with Crippen LogP contribution in [0.3, 0.4) is 0 Å². The number of para-hydroxylation sites is 2. The van der Waals surface area contributed by atoms with Gasteiger partial charge < -0.3 is 9.64 Å². The highest BCUT2D eigenvalue weighted by Crippen LogP contribution is 2.35. The largest absolute Gasteiger partial charge is 0.476 e. The Labute approximate surface area is 206 Å². The van der Waals surface area contributed by atoms with Gasteiger partial charge in [0.25, 0.3) is 5.91 Å². The van der Waals surface area contributed by atoms with Crippen LogP contribution in [0.2, 0.25) is 0 Å². The lowest BCUT2D eigenvalue weighted by Gasteiger charge is -2.35. The van der Waals surface area contributed by atoms with E-state index >= 15 is 0 Å². The van der Waals surface area contributed by atoms with Gasteiger partial charge in [-0.05, 0) is 42.0 Å². The molecule has 0 saturated heterocycles. The normalized spacial score (nSPS) is 14.7. The van der Waals surface area contributed by atoms with Crippen LogP contribution in [0.15, 0.2) is 84.2 Å². The summed E-state index contributed by atoms with van der Waals surface area (Å²) < 4.78 is 19.4. The molecule has 0 N–H and O–H groups in total. The fourth-order valence-corrected chi connectivity index (χ4v) is 4.82. The maximum absolute atomic E-state index is 13.9. The Morgan fingerprint density at radius 3 is 2.51 bits per heavy atom. The van der Waals surface area contributed by atoms with Gasteiger partial charge in [-0.15, -0.1) is 11.3 Å². The fourth-order valence-electron chi connectivity index (χ4n) is 3.98.